The molecule has 0 radical (unpaired) electrons. The van der Waals surface area contributed by atoms with Crippen LogP contribution in [0.25, 0.3) is 0 Å². The predicted octanol–water partition coefficient (Wildman–Crippen LogP) is 2.02. The van der Waals surface area contributed by atoms with E-state index in [9.17, 15) is 9.36 Å². The Morgan fingerprint density at radius 2 is 1.61 bits per heavy atom. The standard InChI is InChI=1S/C16H24BO5P/c1-15(2)16(3,4)22-17(21-15)12-8-11(14(18)20-5)9-13(10-12)23(6,7)19/h8-10H,1-7H3. The zero-order chi connectivity index (χ0) is 17.6. The first-order valence-corrected chi connectivity index (χ1v) is 10.1. The molecule has 7 heteroatoms. The fourth-order valence-electron chi connectivity index (χ4n) is 2.30. The first kappa shape index (κ1) is 18.2. The van der Waals surface area contributed by atoms with E-state index in [0.29, 0.717) is 16.3 Å². The number of benzene rings is 1. The van der Waals surface area contributed by atoms with Gasteiger partial charge in [0.2, 0.25) is 0 Å². The summed E-state index contributed by atoms with van der Waals surface area (Å²) in [5.74, 6) is -0.474. The van der Waals surface area contributed by atoms with Gasteiger partial charge in [0.15, 0.2) is 0 Å². The largest absolute Gasteiger partial charge is 0.494 e. The van der Waals surface area contributed by atoms with Crippen molar-refractivity contribution in [3.05, 3.63) is 23.8 Å². The van der Waals surface area contributed by atoms with Crippen molar-refractivity contribution in [2.45, 2.75) is 38.9 Å². The summed E-state index contributed by atoms with van der Waals surface area (Å²) in [5.41, 5.74) is 0.0479. The van der Waals surface area contributed by atoms with Crippen LogP contribution in [0.5, 0.6) is 0 Å². The van der Waals surface area contributed by atoms with Gasteiger partial charge in [-0.3, -0.25) is 0 Å². The molecule has 1 heterocycles. The van der Waals surface area contributed by atoms with Crippen LogP contribution in [-0.4, -0.2) is 44.7 Å². The molecule has 1 fully saturated rings. The quantitative estimate of drug-likeness (QED) is 0.479. The maximum atomic E-state index is 12.5. The number of rotatable bonds is 3. The number of hydrogen-bond donors (Lipinski definition) is 0. The van der Waals surface area contributed by atoms with Crippen LogP contribution in [0.3, 0.4) is 0 Å². The summed E-state index contributed by atoms with van der Waals surface area (Å²) in [6.45, 7) is 11.2. The predicted molar refractivity (Wildman–Crippen MR) is 92.6 cm³/mol. The van der Waals surface area contributed by atoms with E-state index in [1.165, 1.54) is 7.11 Å². The molecule has 0 saturated carbocycles. The van der Waals surface area contributed by atoms with Crippen LogP contribution in [0, 0.1) is 0 Å². The van der Waals surface area contributed by atoms with E-state index in [0.717, 1.165) is 0 Å². The normalized spacial score (nSPS) is 19.7. The van der Waals surface area contributed by atoms with E-state index in [1.807, 2.05) is 27.7 Å². The molecule has 0 spiro atoms. The van der Waals surface area contributed by atoms with E-state index in [-0.39, 0.29) is 0 Å². The van der Waals surface area contributed by atoms with Gasteiger partial charge in [-0.2, -0.15) is 0 Å². The second kappa shape index (κ2) is 5.76. The van der Waals surface area contributed by atoms with E-state index < -0.39 is 31.4 Å². The van der Waals surface area contributed by atoms with Crippen molar-refractivity contribution >= 4 is 31.0 Å². The smallest absolute Gasteiger partial charge is 0.465 e. The van der Waals surface area contributed by atoms with Gasteiger partial charge in [0, 0.05) is 5.30 Å². The lowest BCUT2D eigenvalue weighted by molar-refractivity contribution is 0.00578. The van der Waals surface area contributed by atoms with Crippen molar-refractivity contribution < 1.29 is 23.4 Å². The monoisotopic (exact) mass is 338 g/mol. The number of hydrogen-bond acceptors (Lipinski definition) is 5. The third kappa shape index (κ3) is 3.55. The lowest BCUT2D eigenvalue weighted by Crippen LogP contribution is -2.41. The van der Waals surface area contributed by atoms with Crippen LogP contribution in [0.15, 0.2) is 18.2 Å². The Morgan fingerprint density at radius 3 is 2.04 bits per heavy atom. The van der Waals surface area contributed by atoms with Gasteiger partial charge in [0.05, 0.1) is 23.9 Å². The topological polar surface area (TPSA) is 61.8 Å². The van der Waals surface area contributed by atoms with Crippen molar-refractivity contribution in [3.8, 4) is 0 Å². The molecule has 23 heavy (non-hydrogen) atoms. The summed E-state index contributed by atoms with van der Waals surface area (Å²) in [4.78, 5) is 11.9. The molecule has 1 aliphatic rings. The van der Waals surface area contributed by atoms with Gasteiger partial charge in [-0.15, -0.1) is 0 Å². The summed E-state index contributed by atoms with van der Waals surface area (Å²) < 4.78 is 29.3. The van der Waals surface area contributed by atoms with Gasteiger partial charge in [0.1, 0.15) is 7.14 Å². The van der Waals surface area contributed by atoms with Gasteiger partial charge in [-0.1, -0.05) is 6.07 Å². The van der Waals surface area contributed by atoms with E-state index in [1.54, 1.807) is 31.5 Å². The molecule has 5 nitrogen and oxygen atoms in total. The number of carbonyl (C=O) groups excluding carboxylic acids is 1. The van der Waals surface area contributed by atoms with Crippen LogP contribution in [-0.2, 0) is 18.6 Å². The maximum Gasteiger partial charge on any atom is 0.494 e. The zero-order valence-electron chi connectivity index (χ0n) is 14.8. The fourth-order valence-corrected chi connectivity index (χ4v) is 3.21. The molecule has 0 N–H and O–H groups in total. The molecule has 1 saturated heterocycles. The second-order valence-electron chi connectivity index (χ2n) is 7.24. The fraction of sp³-hybridized carbons (Fsp3) is 0.562. The summed E-state index contributed by atoms with van der Waals surface area (Å²) in [7, 11) is -1.84. The Labute approximate surface area is 138 Å². The van der Waals surface area contributed by atoms with Gasteiger partial charge >= 0.3 is 13.1 Å². The highest BCUT2D eigenvalue weighted by Gasteiger charge is 2.51. The Hall–Kier alpha value is -1.10. The first-order chi connectivity index (χ1) is 10.4. The third-order valence-electron chi connectivity index (χ3n) is 4.51. The average molecular weight is 338 g/mol. The van der Waals surface area contributed by atoms with Crippen LogP contribution in [0.2, 0.25) is 0 Å². The van der Waals surface area contributed by atoms with Crippen molar-refractivity contribution in [3.63, 3.8) is 0 Å². The van der Waals surface area contributed by atoms with E-state index in [4.69, 9.17) is 14.0 Å². The highest BCUT2D eigenvalue weighted by molar-refractivity contribution is 7.70. The van der Waals surface area contributed by atoms with Crippen molar-refractivity contribution in [1.82, 2.24) is 0 Å². The van der Waals surface area contributed by atoms with E-state index >= 15 is 0 Å². The van der Waals surface area contributed by atoms with Crippen LogP contribution >= 0.6 is 7.14 Å². The average Bonchev–Trinajstić information content (AvgIpc) is 2.65. The minimum atomic E-state index is -2.55. The second-order valence-corrected chi connectivity index (χ2v) is 10.5. The maximum absolute atomic E-state index is 12.5. The lowest BCUT2D eigenvalue weighted by atomic mass is 9.78. The van der Waals surface area contributed by atoms with Crippen molar-refractivity contribution in [1.29, 1.82) is 0 Å². The number of ether oxygens (including phenoxy) is 1. The Kier molecular flexibility index (Phi) is 4.57. The molecule has 126 valence electrons. The molecule has 0 aliphatic carbocycles. The van der Waals surface area contributed by atoms with Gasteiger partial charge in [-0.25, -0.2) is 4.79 Å². The Bertz CT molecular complexity index is 661. The Morgan fingerprint density at radius 1 is 1.09 bits per heavy atom. The highest BCUT2D eigenvalue weighted by Crippen LogP contribution is 2.37. The summed E-state index contributed by atoms with van der Waals surface area (Å²) >= 11 is 0. The summed E-state index contributed by atoms with van der Waals surface area (Å²) in [6, 6.07) is 5.07. The van der Waals surface area contributed by atoms with Gasteiger partial charge in [-0.05, 0) is 58.6 Å². The molecule has 1 aromatic rings. The first-order valence-electron chi connectivity index (χ1n) is 7.52. The van der Waals surface area contributed by atoms with Crippen LogP contribution in [0.4, 0.5) is 0 Å². The van der Waals surface area contributed by atoms with Crippen molar-refractivity contribution in [2.24, 2.45) is 0 Å². The summed E-state index contributed by atoms with van der Waals surface area (Å²) in [5, 5.41) is 0.602. The molecule has 0 bridgehead atoms. The zero-order valence-corrected chi connectivity index (χ0v) is 15.7. The van der Waals surface area contributed by atoms with E-state index in [2.05, 4.69) is 0 Å². The molecule has 0 unspecified atom stereocenters. The minimum absolute atomic E-state index is 0.346. The van der Waals surface area contributed by atoms with Crippen LogP contribution < -0.4 is 10.8 Å². The lowest BCUT2D eigenvalue weighted by Gasteiger charge is -2.32. The molecule has 1 aliphatic heterocycles. The van der Waals surface area contributed by atoms with Crippen molar-refractivity contribution in [2.75, 3.05) is 20.4 Å². The third-order valence-corrected chi connectivity index (χ3v) is 6.01. The molecular weight excluding hydrogens is 314 g/mol. The minimum Gasteiger partial charge on any atom is -0.465 e. The van der Waals surface area contributed by atoms with Gasteiger partial charge in [0.25, 0.3) is 0 Å². The molecule has 0 aromatic heterocycles. The highest BCUT2D eigenvalue weighted by atomic mass is 31.2. The molecule has 0 amide bonds. The van der Waals surface area contributed by atoms with Crippen LogP contribution in [0.1, 0.15) is 38.1 Å². The number of carbonyl (C=O) groups is 1. The molecule has 1 aromatic carbocycles. The number of methoxy groups -OCH3 is 1. The number of esters is 1. The Balaban J connectivity index is 2.51. The SMILES string of the molecule is COC(=O)c1cc(B2OC(C)(C)C(C)(C)O2)cc(P(C)(C)=O)c1. The summed E-state index contributed by atoms with van der Waals surface area (Å²) in [6.07, 6.45) is 0. The van der Waals surface area contributed by atoms with Gasteiger partial charge < -0.3 is 18.6 Å². The molecule has 0 atom stereocenters. The molecule has 2 rings (SSSR count). The molecular formula is C16H24BO5P.